The van der Waals surface area contributed by atoms with Crippen molar-refractivity contribution in [2.75, 3.05) is 5.32 Å². The number of anilines is 1. The second kappa shape index (κ2) is 6.36. The maximum atomic E-state index is 12.6. The molecule has 25 heavy (non-hydrogen) atoms. The van der Waals surface area contributed by atoms with Gasteiger partial charge in [0.15, 0.2) is 5.82 Å². The van der Waals surface area contributed by atoms with Crippen molar-refractivity contribution >= 4 is 11.6 Å². The first kappa shape index (κ1) is 14.8. The summed E-state index contributed by atoms with van der Waals surface area (Å²) in [5.41, 5.74) is 1.68. The average Bonchev–Trinajstić information content (AvgIpc) is 3.36. The molecule has 0 spiro atoms. The summed E-state index contributed by atoms with van der Waals surface area (Å²) >= 11 is 0. The van der Waals surface area contributed by atoms with E-state index < -0.39 is 0 Å². The number of benzene rings is 1. The molecule has 0 saturated heterocycles. The van der Waals surface area contributed by atoms with Gasteiger partial charge in [-0.05, 0) is 12.1 Å². The van der Waals surface area contributed by atoms with Gasteiger partial charge in [0, 0.05) is 24.8 Å². The lowest BCUT2D eigenvalue weighted by Gasteiger charge is -2.11. The van der Waals surface area contributed by atoms with Gasteiger partial charge in [0.2, 0.25) is 0 Å². The Bertz CT molecular complexity index is 994. The smallest absolute Gasteiger partial charge is 0.276 e. The van der Waals surface area contributed by atoms with Crippen molar-refractivity contribution < 1.29 is 4.79 Å². The van der Waals surface area contributed by atoms with Gasteiger partial charge in [0.1, 0.15) is 12.0 Å². The second-order valence-electron chi connectivity index (χ2n) is 5.17. The number of carbonyl (C=O) groups is 1. The number of imidazole rings is 2. The quantitative estimate of drug-likeness (QED) is 0.618. The van der Waals surface area contributed by atoms with Crippen LogP contribution in [0.4, 0.5) is 5.69 Å². The molecule has 0 radical (unpaired) electrons. The molecule has 122 valence electrons. The first-order chi connectivity index (χ1) is 12.3. The van der Waals surface area contributed by atoms with E-state index in [1.54, 1.807) is 42.0 Å². The lowest BCUT2D eigenvalue weighted by molar-refractivity contribution is 0.102. The number of aromatic nitrogens is 6. The predicted octanol–water partition coefficient (Wildman–Crippen LogP) is 2.10. The average molecular weight is 331 g/mol. The number of para-hydroxylation sites is 2. The van der Waals surface area contributed by atoms with Crippen molar-refractivity contribution in [2.24, 2.45) is 0 Å². The van der Waals surface area contributed by atoms with Crippen LogP contribution in [0.2, 0.25) is 0 Å². The van der Waals surface area contributed by atoms with Gasteiger partial charge < -0.3 is 9.88 Å². The molecule has 1 amide bonds. The van der Waals surface area contributed by atoms with Crippen LogP contribution in [0.5, 0.6) is 0 Å². The van der Waals surface area contributed by atoms with Crippen molar-refractivity contribution in [3.63, 3.8) is 0 Å². The zero-order chi connectivity index (χ0) is 17.1. The van der Waals surface area contributed by atoms with E-state index in [9.17, 15) is 4.79 Å². The van der Waals surface area contributed by atoms with E-state index in [1.807, 2.05) is 35.0 Å². The molecule has 0 aliphatic carbocycles. The maximum Gasteiger partial charge on any atom is 0.276 e. The van der Waals surface area contributed by atoms with Gasteiger partial charge in [-0.3, -0.25) is 14.3 Å². The minimum atomic E-state index is -0.345. The van der Waals surface area contributed by atoms with E-state index in [0.717, 1.165) is 5.69 Å². The van der Waals surface area contributed by atoms with E-state index in [4.69, 9.17) is 0 Å². The third kappa shape index (κ3) is 3.00. The molecular weight excluding hydrogens is 318 g/mol. The molecule has 3 aromatic heterocycles. The SMILES string of the molecule is O=C(Nc1ccccc1-n1ccnc1)c1cncc(-n2ccnc2)n1. The molecular formula is C17H13N7O. The summed E-state index contributed by atoms with van der Waals surface area (Å²) in [5.74, 6) is 0.176. The standard InChI is InChI=1S/C17H13N7O/c25-17(14-9-20-10-16(21-14)24-8-6-19-12-24)22-13-3-1-2-4-15(13)23-7-5-18-11-23/h1-12H,(H,22,25). The van der Waals surface area contributed by atoms with Crippen LogP contribution in [0, 0.1) is 0 Å². The fourth-order valence-electron chi connectivity index (χ4n) is 2.38. The van der Waals surface area contributed by atoms with Crippen LogP contribution in [0.3, 0.4) is 0 Å². The molecule has 8 nitrogen and oxygen atoms in total. The molecule has 0 aliphatic heterocycles. The molecule has 3 heterocycles. The summed E-state index contributed by atoms with van der Waals surface area (Å²) in [6, 6.07) is 7.46. The molecule has 0 saturated carbocycles. The molecule has 0 atom stereocenters. The summed E-state index contributed by atoms with van der Waals surface area (Å²) in [7, 11) is 0. The number of hydrogen-bond acceptors (Lipinski definition) is 5. The predicted molar refractivity (Wildman–Crippen MR) is 90.7 cm³/mol. The van der Waals surface area contributed by atoms with E-state index in [2.05, 4.69) is 25.3 Å². The van der Waals surface area contributed by atoms with Crippen molar-refractivity contribution in [2.45, 2.75) is 0 Å². The minimum Gasteiger partial charge on any atom is -0.319 e. The molecule has 1 aromatic carbocycles. The summed E-state index contributed by atoms with van der Waals surface area (Å²) in [6.45, 7) is 0. The largest absolute Gasteiger partial charge is 0.319 e. The monoisotopic (exact) mass is 331 g/mol. The van der Waals surface area contributed by atoms with Crippen molar-refractivity contribution in [3.8, 4) is 11.5 Å². The lowest BCUT2D eigenvalue weighted by atomic mass is 10.2. The van der Waals surface area contributed by atoms with Crippen LogP contribution in [-0.4, -0.2) is 35.0 Å². The molecule has 0 unspecified atom stereocenters. The minimum absolute atomic E-state index is 0.214. The highest BCUT2D eigenvalue weighted by Gasteiger charge is 2.12. The Hall–Kier alpha value is -3.81. The lowest BCUT2D eigenvalue weighted by Crippen LogP contribution is -2.16. The van der Waals surface area contributed by atoms with Gasteiger partial charge in [0.05, 0.1) is 30.1 Å². The number of hydrogen-bond donors (Lipinski definition) is 1. The van der Waals surface area contributed by atoms with E-state index >= 15 is 0 Å². The van der Waals surface area contributed by atoms with Crippen molar-refractivity contribution in [1.82, 2.24) is 29.1 Å². The zero-order valence-corrected chi connectivity index (χ0v) is 13.0. The van der Waals surface area contributed by atoms with E-state index in [0.29, 0.717) is 11.5 Å². The van der Waals surface area contributed by atoms with Crippen molar-refractivity contribution in [1.29, 1.82) is 0 Å². The van der Waals surface area contributed by atoms with Crippen LogP contribution in [0.1, 0.15) is 10.5 Å². The number of carbonyl (C=O) groups excluding carboxylic acids is 1. The summed E-state index contributed by atoms with van der Waals surface area (Å²) in [4.78, 5) is 29.0. The summed E-state index contributed by atoms with van der Waals surface area (Å²) in [6.07, 6.45) is 13.1. The topological polar surface area (TPSA) is 90.5 Å². The molecule has 1 N–H and O–H groups in total. The fraction of sp³-hybridized carbons (Fsp3) is 0. The first-order valence-corrected chi connectivity index (χ1v) is 7.50. The van der Waals surface area contributed by atoms with Crippen LogP contribution >= 0.6 is 0 Å². The number of nitrogens with zero attached hydrogens (tertiary/aromatic N) is 6. The Morgan fingerprint density at radius 3 is 2.44 bits per heavy atom. The Labute approximate surface area is 142 Å². The van der Waals surface area contributed by atoms with E-state index in [-0.39, 0.29) is 11.6 Å². The van der Waals surface area contributed by atoms with Gasteiger partial charge in [-0.1, -0.05) is 12.1 Å². The van der Waals surface area contributed by atoms with Crippen LogP contribution < -0.4 is 5.32 Å². The summed E-state index contributed by atoms with van der Waals surface area (Å²) < 4.78 is 3.51. The van der Waals surface area contributed by atoms with Gasteiger partial charge >= 0.3 is 0 Å². The van der Waals surface area contributed by atoms with Gasteiger partial charge in [-0.2, -0.15) is 0 Å². The Morgan fingerprint density at radius 2 is 1.68 bits per heavy atom. The van der Waals surface area contributed by atoms with Crippen LogP contribution in [-0.2, 0) is 0 Å². The molecule has 4 rings (SSSR count). The van der Waals surface area contributed by atoms with Gasteiger partial charge in [-0.25, -0.2) is 15.0 Å². The Morgan fingerprint density at radius 1 is 0.920 bits per heavy atom. The zero-order valence-electron chi connectivity index (χ0n) is 13.0. The molecule has 0 bridgehead atoms. The molecule has 0 fully saturated rings. The summed E-state index contributed by atoms with van der Waals surface area (Å²) in [5, 5.41) is 2.87. The fourth-order valence-corrected chi connectivity index (χ4v) is 2.38. The maximum absolute atomic E-state index is 12.6. The number of nitrogens with one attached hydrogen (secondary N) is 1. The first-order valence-electron chi connectivity index (χ1n) is 7.50. The molecule has 0 aliphatic rings. The van der Waals surface area contributed by atoms with Crippen LogP contribution in [0.25, 0.3) is 11.5 Å². The highest BCUT2D eigenvalue weighted by molar-refractivity contribution is 6.03. The number of amides is 1. The Balaban J connectivity index is 1.63. The van der Waals surface area contributed by atoms with E-state index in [1.165, 1.54) is 6.20 Å². The molecule has 4 aromatic rings. The highest BCUT2D eigenvalue weighted by atomic mass is 16.1. The number of rotatable bonds is 4. The van der Waals surface area contributed by atoms with Crippen LogP contribution in [0.15, 0.2) is 74.1 Å². The second-order valence-corrected chi connectivity index (χ2v) is 5.17. The van der Waals surface area contributed by atoms with Gasteiger partial charge in [0.25, 0.3) is 5.91 Å². The van der Waals surface area contributed by atoms with Gasteiger partial charge in [-0.15, -0.1) is 0 Å². The molecule has 8 heteroatoms. The third-order valence-corrected chi connectivity index (χ3v) is 3.56. The third-order valence-electron chi connectivity index (χ3n) is 3.56. The van der Waals surface area contributed by atoms with Crippen molar-refractivity contribution in [3.05, 3.63) is 79.8 Å². The highest BCUT2D eigenvalue weighted by Crippen LogP contribution is 2.20. The normalized spacial score (nSPS) is 10.6. The Kier molecular flexibility index (Phi) is 3.76.